The first-order valence-electron chi connectivity index (χ1n) is 7.39. The van der Waals surface area contributed by atoms with E-state index in [9.17, 15) is 4.79 Å². The van der Waals surface area contributed by atoms with Crippen molar-refractivity contribution in [3.05, 3.63) is 28.7 Å². The minimum atomic E-state index is -0.489. The number of nitrogens with one attached hydrogen (secondary N) is 2. The van der Waals surface area contributed by atoms with Crippen molar-refractivity contribution < 1.29 is 9.53 Å². The summed E-state index contributed by atoms with van der Waals surface area (Å²) in [7, 11) is 0. The third kappa shape index (κ3) is 5.78. The second-order valence-corrected chi connectivity index (χ2v) is 6.91. The fourth-order valence-corrected chi connectivity index (χ4v) is 2.69. The minimum absolute atomic E-state index is 0. The number of piperidine rings is 1. The molecule has 1 atom stereocenters. The summed E-state index contributed by atoms with van der Waals surface area (Å²) in [5.41, 5.74) is 0.193. The van der Waals surface area contributed by atoms with Gasteiger partial charge in [0.15, 0.2) is 6.10 Å². The zero-order valence-corrected chi connectivity index (χ0v) is 15.4. The Bertz CT molecular complexity index is 476. The molecule has 1 unspecified atom stereocenters. The van der Waals surface area contributed by atoms with Crippen LogP contribution >= 0.6 is 28.3 Å². The Balaban J connectivity index is 0.00000242. The lowest BCUT2D eigenvalue weighted by molar-refractivity contribution is -0.127. The maximum atomic E-state index is 12.1. The molecule has 0 spiro atoms. The van der Waals surface area contributed by atoms with Gasteiger partial charge in [-0.05, 0) is 62.5 Å². The summed E-state index contributed by atoms with van der Waals surface area (Å²) in [6.07, 6.45) is 1.70. The lowest BCUT2D eigenvalue weighted by atomic mass is 9.81. The van der Waals surface area contributed by atoms with Gasteiger partial charge in [0.25, 0.3) is 5.91 Å². The molecule has 1 aliphatic rings. The van der Waals surface area contributed by atoms with E-state index in [4.69, 9.17) is 4.74 Å². The van der Waals surface area contributed by atoms with Crippen LogP contribution in [0.15, 0.2) is 28.7 Å². The van der Waals surface area contributed by atoms with E-state index in [-0.39, 0.29) is 23.7 Å². The predicted molar refractivity (Wildman–Crippen MR) is 94.7 cm³/mol. The van der Waals surface area contributed by atoms with Crippen molar-refractivity contribution in [2.24, 2.45) is 5.41 Å². The van der Waals surface area contributed by atoms with Crippen LogP contribution in [0, 0.1) is 5.41 Å². The smallest absolute Gasteiger partial charge is 0.260 e. The summed E-state index contributed by atoms with van der Waals surface area (Å²) >= 11 is 3.38. The molecule has 6 heteroatoms. The van der Waals surface area contributed by atoms with Crippen LogP contribution in [-0.4, -0.2) is 31.6 Å². The van der Waals surface area contributed by atoms with E-state index in [0.717, 1.165) is 30.4 Å². The fourth-order valence-electron chi connectivity index (χ4n) is 2.42. The molecular weight excluding hydrogens is 368 g/mol. The van der Waals surface area contributed by atoms with Gasteiger partial charge < -0.3 is 15.4 Å². The maximum Gasteiger partial charge on any atom is 0.260 e. The van der Waals surface area contributed by atoms with Crippen molar-refractivity contribution in [3.63, 3.8) is 0 Å². The van der Waals surface area contributed by atoms with Crippen LogP contribution < -0.4 is 15.4 Å². The number of ether oxygens (including phenoxy) is 1. The van der Waals surface area contributed by atoms with E-state index < -0.39 is 6.10 Å². The van der Waals surface area contributed by atoms with Crippen LogP contribution in [0.2, 0.25) is 0 Å². The van der Waals surface area contributed by atoms with Gasteiger partial charge in [-0.2, -0.15) is 0 Å². The Kier molecular flexibility index (Phi) is 7.66. The van der Waals surface area contributed by atoms with Crippen LogP contribution in [0.5, 0.6) is 5.75 Å². The van der Waals surface area contributed by atoms with E-state index in [1.807, 2.05) is 24.3 Å². The first-order valence-corrected chi connectivity index (χ1v) is 8.18. The molecule has 1 aromatic carbocycles. The van der Waals surface area contributed by atoms with E-state index in [0.29, 0.717) is 12.3 Å². The van der Waals surface area contributed by atoms with Crippen molar-refractivity contribution in [3.8, 4) is 5.75 Å². The third-order valence-corrected chi connectivity index (χ3v) is 4.52. The van der Waals surface area contributed by atoms with Crippen LogP contribution in [0.4, 0.5) is 0 Å². The largest absolute Gasteiger partial charge is 0.481 e. The lowest BCUT2D eigenvalue weighted by Crippen LogP contribution is -2.45. The molecule has 2 rings (SSSR count). The van der Waals surface area contributed by atoms with Crippen molar-refractivity contribution in [1.29, 1.82) is 0 Å². The average molecular weight is 392 g/mol. The van der Waals surface area contributed by atoms with Gasteiger partial charge in [0.2, 0.25) is 0 Å². The first kappa shape index (κ1) is 19.3. The molecule has 0 aromatic heterocycles. The Labute approximate surface area is 146 Å². The highest BCUT2D eigenvalue weighted by molar-refractivity contribution is 9.10. The SMILES string of the molecule is CC(Oc1ccc(Br)cc1)C(=O)NCC1(C)CCNCC1.Cl. The van der Waals surface area contributed by atoms with Crippen LogP contribution in [0.3, 0.4) is 0 Å². The van der Waals surface area contributed by atoms with E-state index in [2.05, 4.69) is 33.5 Å². The number of carbonyl (C=O) groups excluding carboxylic acids is 1. The van der Waals surface area contributed by atoms with Gasteiger partial charge >= 0.3 is 0 Å². The number of halogens is 2. The summed E-state index contributed by atoms with van der Waals surface area (Å²) in [4.78, 5) is 12.1. The number of carbonyl (C=O) groups is 1. The zero-order chi connectivity index (χ0) is 15.3. The number of benzene rings is 1. The topological polar surface area (TPSA) is 50.4 Å². The van der Waals surface area contributed by atoms with Gasteiger partial charge in [0, 0.05) is 11.0 Å². The first-order chi connectivity index (χ1) is 9.98. The normalized spacial score (nSPS) is 18.0. The van der Waals surface area contributed by atoms with Crippen LogP contribution in [0.1, 0.15) is 26.7 Å². The van der Waals surface area contributed by atoms with Gasteiger partial charge in [0.05, 0.1) is 0 Å². The van der Waals surface area contributed by atoms with E-state index >= 15 is 0 Å². The summed E-state index contributed by atoms with van der Waals surface area (Å²) < 4.78 is 6.65. The Morgan fingerprint density at radius 3 is 2.55 bits per heavy atom. The van der Waals surface area contributed by atoms with Crippen molar-refractivity contribution in [1.82, 2.24) is 10.6 Å². The molecule has 1 aliphatic heterocycles. The molecule has 1 heterocycles. The monoisotopic (exact) mass is 390 g/mol. The van der Waals surface area contributed by atoms with Gasteiger partial charge in [-0.25, -0.2) is 0 Å². The van der Waals surface area contributed by atoms with Crippen molar-refractivity contribution in [2.75, 3.05) is 19.6 Å². The third-order valence-electron chi connectivity index (χ3n) is 4.00. The molecule has 1 aromatic rings. The van der Waals surface area contributed by atoms with Gasteiger partial charge in [-0.15, -0.1) is 12.4 Å². The summed E-state index contributed by atoms with van der Waals surface area (Å²) in [6, 6.07) is 7.50. The van der Waals surface area contributed by atoms with Gasteiger partial charge in [-0.1, -0.05) is 22.9 Å². The lowest BCUT2D eigenvalue weighted by Gasteiger charge is -2.34. The number of rotatable bonds is 5. The van der Waals surface area contributed by atoms with E-state index in [1.54, 1.807) is 6.92 Å². The zero-order valence-electron chi connectivity index (χ0n) is 13.0. The number of hydrogen-bond donors (Lipinski definition) is 2. The van der Waals surface area contributed by atoms with Gasteiger partial charge in [-0.3, -0.25) is 4.79 Å². The molecule has 0 radical (unpaired) electrons. The molecule has 0 saturated carbocycles. The second kappa shape index (κ2) is 8.75. The summed E-state index contributed by atoms with van der Waals surface area (Å²) in [5.74, 6) is 0.645. The van der Waals surface area contributed by atoms with E-state index in [1.165, 1.54) is 0 Å². The molecular formula is C16H24BrClN2O2. The standard InChI is InChI=1S/C16H23BrN2O2.ClH/c1-12(21-14-5-3-13(17)4-6-14)15(20)19-11-16(2)7-9-18-10-8-16;/h3-6,12,18H,7-11H2,1-2H3,(H,19,20);1H. The molecule has 0 aliphatic carbocycles. The molecule has 0 bridgehead atoms. The molecule has 1 amide bonds. The molecule has 1 fully saturated rings. The van der Waals surface area contributed by atoms with Gasteiger partial charge in [0.1, 0.15) is 5.75 Å². The predicted octanol–water partition coefficient (Wildman–Crippen LogP) is 3.14. The summed E-state index contributed by atoms with van der Waals surface area (Å²) in [6.45, 7) is 6.77. The Morgan fingerprint density at radius 1 is 1.36 bits per heavy atom. The quantitative estimate of drug-likeness (QED) is 0.811. The Hall–Kier alpha value is -0.780. The number of hydrogen-bond acceptors (Lipinski definition) is 3. The molecule has 22 heavy (non-hydrogen) atoms. The Morgan fingerprint density at radius 2 is 1.95 bits per heavy atom. The summed E-state index contributed by atoms with van der Waals surface area (Å²) in [5, 5.41) is 6.37. The number of amides is 1. The molecule has 124 valence electrons. The van der Waals surface area contributed by atoms with Crippen LogP contribution in [-0.2, 0) is 4.79 Å². The van der Waals surface area contributed by atoms with Crippen molar-refractivity contribution >= 4 is 34.2 Å². The van der Waals surface area contributed by atoms with Crippen molar-refractivity contribution in [2.45, 2.75) is 32.8 Å². The van der Waals surface area contributed by atoms with Crippen LogP contribution in [0.25, 0.3) is 0 Å². The highest BCUT2D eigenvalue weighted by Gasteiger charge is 2.28. The fraction of sp³-hybridized carbons (Fsp3) is 0.562. The second-order valence-electron chi connectivity index (χ2n) is 5.99. The maximum absolute atomic E-state index is 12.1. The minimum Gasteiger partial charge on any atom is -0.481 e. The highest BCUT2D eigenvalue weighted by atomic mass is 79.9. The molecule has 4 nitrogen and oxygen atoms in total. The molecule has 1 saturated heterocycles. The molecule has 2 N–H and O–H groups in total. The average Bonchev–Trinajstić information content (AvgIpc) is 2.48. The highest BCUT2D eigenvalue weighted by Crippen LogP contribution is 2.26.